The van der Waals surface area contributed by atoms with Crippen LogP contribution in [0.1, 0.15) is 48.4 Å². The number of hydrogen-bond acceptors (Lipinski definition) is 9. The number of hydrogen-bond donors (Lipinski definition) is 3. The monoisotopic (exact) mass is 1160 g/mol. The molecule has 0 saturated carbocycles. The van der Waals surface area contributed by atoms with Crippen LogP contribution in [-0.2, 0) is 64.7 Å². The minimum absolute atomic E-state index is 0.0244. The second kappa shape index (κ2) is 33.3. The average Bonchev–Trinajstić information content (AvgIpc) is 3.52. The van der Waals surface area contributed by atoms with Crippen LogP contribution in [0.25, 0.3) is 0 Å². The van der Waals surface area contributed by atoms with Gasteiger partial charge >= 0.3 is 6.03 Å². The molecule has 7 aromatic rings. The Labute approximate surface area is 485 Å². The zero-order valence-corrected chi connectivity index (χ0v) is 48.8. The first-order valence-corrected chi connectivity index (χ1v) is 32.1. The molecule has 0 bridgehead atoms. The van der Waals surface area contributed by atoms with Gasteiger partial charge in [-0.3, -0.25) is 4.79 Å². The van der Waals surface area contributed by atoms with E-state index < -0.39 is 41.6 Å². The van der Waals surface area contributed by atoms with Crippen molar-refractivity contribution in [3.05, 3.63) is 269 Å². The van der Waals surface area contributed by atoms with Crippen molar-refractivity contribution in [1.82, 2.24) is 15.5 Å². The van der Waals surface area contributed by atoms with Gasteiger partial charge in [-0.25, -0.2) is 30.0 Å². The first kappa shape index (κ1) is 63.5. The Morgan fingerprint density at radius 3 is 1.26 bits per heavy atom. The van der Waals surface area contributed by atoms with Crippen molar-refractivity contribution >= 4 is 41.5 Å². The Morgan fingerprint density at radius 2 is 0.829 bits per heavy atom. The van der Waals surface area contributed by atoms with Gasteiger partial charge in [0.2, 0.25) is 5.91 Å². The van der Waals surface area contributed by atoms with E-state index in [9.17, 15) is 34.8 Å². The number of urea groups is 1. The van der Waals surface area contributed by atoms with Gasteiger partial charge in [0, 0.05) is 48.2 Å². The normalized spacial score (nSPS) is 14.3. The number of amides is 3. The number of rotatable bonds is 23. The van der Waals surface area contributed by atoms with Crippen molar-refractivity contribution in [2.45, 2.75) is 84.7 Å². The van der Waals surface area contributed by atoms with E-state index in [1.54, 1.807) is 89.8 Å². The molecule has 1 aliphatic rings. The Balaban J connectivity index is 0.000000217. The molecule has 82 heavy (non-hydrogen) atoms. The first-order valence-electron chi connectivity index (χ1n) is 27.4. The van der Waals surface area contributed by atoms with Crippen molar-refractivity contribution in [1.29, 1.82) is 0 Å². The third kappa shape index (κ3) is 22.7. The fraction of sp³-hybridized carbons (Fsp3) is 0.242. The SMILES string of the molecule is CC(/C=C/S(=O)(=O)c1ccccc1)CCc1ccccc1.O=C(NC(/C=C/S(=O)(=O)c1ccccc1)CCc1ccccc1)[C@H](Cc1ccccc1)NC(=O)N1CCOCC1.[NH3+]C(/C=C/S(=O)(=O)c1ccccc1)CCc1ccccc1. The van der Waals surface area contributed by atoms with E-state index in [4.69, 9.17) is 4.74 Å². The number of quaternary nitrogens is 1. The molecule has 8 rings (SSSR count). The van der Waals surface area contributed by atoms with Crippen LogP contribution < -0.4 is 16.4 Å². The predicted octanol–water partition coefficient (Wildman–Crippen LogP) is 10.2. The molecule has 4 atom stereocenters. The van der Waals surface area contributed by atoms with E-state index in [2.05, 4.69) is 40.6 Å². The molecule has 5 N–H and O–H groups in total. The van der Waals surface area contributed by atoms with E-state index in [-0.39, 0.29) is 28.8 Å². The van der Waals surface area contributed by atoms with Gasteiger partial charge in [0.1, 0.15) is 12.1 Å². The third-order valence-electron chi connectivity index (χ3n) is 13.3. The van der Waals surface area contributed by atoms with E-state index in [0.717, 1.165) is 42.2 Å². The fourth-order valence-corrected chi connectivity index (χ4v) is 11.9. The van der Waals surface area contributed by atoms with Crippen LogP contribution in [-0.4, -0.2) is 86.5 Å². The Kier molecular flexibility index (Phi) is 25.7. The molecule has 0 aliphatic carbocycles. The van der Waals surface area contributed by atoms with E-state index in [1.807, 2.05) is 110 Å². The molecule has 1 heterocycles. The highest BCUT2D eigenvalue weighted by atomic mass is 32.2. The highest BCUT2D eigenvalue weighted by Gasteiger charge is 2.27. The lowest BCUT2D eigenvalue weighted by molar-refractivity contribution is -0.404. The molecule has 7 aromatic carbocycles. The molecule has 430 valence electrons. The highest BCUT2D eigenvalue weighted by molar-refractivity contribution is 7.94. The molecule has 0 spiro atoms. The molecule has 1 aliphatic heterocycles. The lowest BCUT2D eigenvalue weighted by Gasteiger charge is -2.29. The molecule has 13 nitrogen and oxygen atoms in total. The molecule has 3 amide bonds. The number of allylic oxidation sites excluding steroid dienone is 1. The quantitative estimate of drug-likeness (QED) is 0.0557. The number of carbonyl (C=O) groups is 2. The van der Waals surface area contributed by atoms with Crippen molar-refractivity contribution in [2.75, 3.05) is 26.3 Å². The Bertz CT molecular complexity index is 3300. The van der Waals surface area contributed by atoms with Gasteiger partial charge in [0.15, 0.2) is 29.5 Å². The van der Waals surface area contributed by atoms with Crippen molar-refractivity contribution in [3.8, 4) is 0 Å². The summed E-state index contributed by atoms with van der Waals surface area (Å²) in [5.41, 5.74) is 8.49. The number of nitrogens with one attached hydrogen (secondary N) is 2. The van der Waals surface area contributed by atoms with Gasteiger partial charge in [-0.15, -0.1) is 0 Å². The van der Waals surface area contributed by atoms with Crippen LogP contribution in [0.3, 0.4) is 0 Å². The van der Waals surface area contributed by atoms with Crippen LogP contribution in [0.5, 0.6) is 0 Å². The summed E-state index contributed by atoms with van der Waals surface area (Å²) in [5, 5.41) is 9.63. The number of benzene rings is 7. The summed E-state index contributed by atoms with van der Waals surface area (Å²) in [5.74, 6) is -0.158. The number of aryl methyl sites for hydroxylation is 3. The zero-order chi connectivity index (χ0) is 58.5. The van der Waals surface area contributed by atoms with Crippen LogP contribution in [0.4, 0.5) is 4.79 Å². The zero-order valence-electron chi connectivity index (χ0n) is 46.3. The Morgan fingerprint density at radius 1 is 0.476 bits per heavy atom. The number of nitrogens with zero attached hydrogens (tertiary/aromatic N) is 1. The molecule has 1 saturated heterocycles. The van der Waals surface area contributed by atoms with E-state index in [0.29, 0.717) is 55.4 Å². The molecular formula is C66H75N4O9S3+. The number of ether oxygens (including phenoxy) is 1. The fourth-order valence-electron chi connectivity index (χ4n) is 8.48. The summed E-state index contributed by atoms with van der Waals surface area (Å²) in [6.07, 6.45) is 9.98. The number of sulfone groups is 3. The van der Waals surface area contributed by atoms with Crippen molar-refractivity contribution in [2.24, 2.45) is 5.92 Å². The highest BCUT2D eigenvalue weighted by Crippen LogP contribution is 2.18. The number of carbonyl (C=O) groups excluding carboxylic acids is 2. The smallest absolute Gasteiger partial charge is 0.318 e. The summed E-state index contributed by atoms with van der Waals surface area (Å²) in [6, 6.07) is 62.9. The summed E-state index contributed by atoms with van der Waals surface area (Å²) in [4.78, 5) is 29.1. The summed E-state index contributed by atoms with van der Waals surface area (Å²) in [7, 11) is -10.4. The molecular weight excluding hydrogens is 1090 g/mol. The minimum atomic E-state index is -3.70. The molecule has 0 radical (unpaired) electrons. The number of morpholine rings is 1. The largest absolute Gasteiger partial charge is 0.378 e. The lowest BCUT2D eigenvalue weighted by atomic mass is 10.0. The Hall–Kier alpha value is -7.73. The molecule has 1 fully saturated rings. The van der Waals surface area contributed by atoms with Crippen LogP contribution in [0.2, 0.25) is 0 Å². The van der Waals surface area contributed by atoms with Gasteiger partial charge < -0.3 is 26.0 Å². The van der Waals surface area contributed by atoms with Crippen LogP contribution >= 0.6 is 0 Å². The maximum atomic E-state index is 13.6. The molecule has 16 heteroatoms. The lowest BCUT2D eigenvalue weighted by Crippen LogP contribution is -2.59. The maximum Gasteiger partial charge on any atom is 0.318 e. The second-order valence-corrected chi connectivity index (χ2v) is 25.3. The van der Waals surface area contributed by atoms with Gasteiger partial charge in [-0.2, -0.15) is 0 Å². The minimum Gasteiger partial charge on any atom is -0.378 e. The van der Waals surface area contributed by atoms with Crippen molar-refractivity contribution in [3.63, 3.8) is 0 Å². The van der Waals surface area contributed by atoms with Gasteiger partial charge in [-0.05, 0) is 103 Å². The standard InChI is InChI=1S/C31H35N3O5S.C18H20O2S.C17H19NO2S/c35-30(29(24-26-12-6-2-7-13-26)33-31(36)34-19-21-39-22-20-34)32-27(17-16-25-10-4-1-5-11-25)18-23-40(37,38)28-14-8-3-9-15-28;1-16(12-13-17-8-4-2-5-9-17)14-15-21(19,20)18-10-6-3-7-11-18;18-16(12-11-15-7-3-1-4-8-15)13-14-21(19,20)17-9-5-2-6-10-17/h1-15,18,23,27,29H,16-17,19-22,24H2,(H,32,35)(H,33,36);2-11,14-16H,12-13H2,1H3;1-10,13-14,16H,11-12,18H2/p+1/b23-18+;15-14+;14-13+/t27?,29-;;/m0../s1. The summed E-state index contributed by atoms with van der Waals surface area (Å²) in [6.45, 7) is 3.84. The molecule has 0 aromatic heterocycles. The summed E-state index contributed by atoms with van der Waals surface area (Å²) >= 11 is 0. The average molecular weight is 1160 g/mol. The van der Waals surface area contributed by atoms with Crippen molar-refractivity contribution < 1.29 is 45.3 Å². The van der Waals surface area contributed by atoms with Gasteiger partial charge in [-0.1, -0.05) is 195 Å². The predicted molar refractivity (Wildman–Crippen MR) is 325 cm³/mol. The van der Waals surface area contributed by atoms with Crippen LogP contribution in [0.15, 0.2) is 261 Å². The van der Waals surface area contributed by atoms with Crippen LogP contribution in [0, 0.1) is 5.92 Å². The molecule has 3 unspecified atom stereocenters. The first-order chi connectivity index (χ1) is 39.6. The topological polar surface area (TPSA) is 201 Å². The summed E-state index contributed by atoms with van der Waals surface area (Å²) < 4.78 is 79.6. The second-order valence-electron chi connectivity index (χ2n) is 19.8. The van der Waals surface area contributed by atoms with E-state index >= 15 is 0 Å². The van der Waals surface area contributed by atoms with Gasteiger partial charge in [0.25, 0.3) is 0 Å². The maximum absolute atomic E-state index is 13.6. The van der Waals surface area contributed by atoms with E-state index in [1.165, 1.54) is 40.2 Å². The third-order valence-corrected chi connectivity index (χ3v) is 17.6. The van der Waals surface area contributed by atoms with Gasteiger partial charge in [0.05, 0.1) is 27.9 Å².